The molecule has 2 heterocycles. The Morgan fingerprint density at radius 3 is 2.75 bits per heavy atom. The molecule has 1 aromatic carbocycles. The van der Waals surface area contributed by atoms with E-state index in [1.54, 1.807) is 4.90 Å². The third-order valence-corrected chi connectivity index (χ3v) is 3.95. The minimum absolute atomic E-state index is 0.0215. The lowest BCUT2D eigenvalue weighted by molar-refractivity contribution is -0.136. The van der Waals surface area contributed by atoms with Crippen molar-refractivity contribution in [3.8, 4) is 5.75 Å². The predicted octanol–water partition coefficient (Wildman–Crippen LogP) is 2.87. The smallest absolute Gasteiger partial charge is 0.261 e. The molecule has 24 heavy (non-hydrogen) atoms. The highest BCUT2D eigenvalue weighted by atomic mass is 19.1. The highest BCUT2D eigenvalue weighted by molar-refractivity contribution is 5.78. The van der Waals surface area contributed by atoms with Crippen molar-refractivity contribution in [3.63, 3.8) is 0 Å². The van der Waals surface area contributed by atoms with Gasteiger partial charge in [0.25, 0.3) is 5.91 Å². The summed E-state index contributed by atoms with van der Waals surface area (Å²) in [5, 5.41) is 3.84. The van der Waals surface area contributed by atoms with Crippen LogP contribution in [0, 0.1) is 11.6 Å². The van der Waals surface area contributed by atoms with Crippen LogP contribution in [0.3, 0.4) is 0 Å². The number of likely N-dealkylation sites (tertiary alicyclic amines) is 1. The van der Waals surface area contributed by atoms with E-state index in [1.807, 2.05) is 0 Å². The van der Waals surface area contributed by atoms with Crippen LogP contribution in [-0.2, 0) is 4.79 Å². The zero-order valence-corrected chi connectivity index (χ0v) is 13.0. The van der Waals surface area contributed by atoms with Gasteiger partial charge in [0.2, 0.25) is 6.39 Å². The first-order chi connectivity index (χ1) is 11.6. The summed E-state index contributed by atoms with van der Waals surface area (Å²) in [6.45, 7) is 0.246. The number of amides is 1. The molecule has 128 valence electrons. The summed E-state index contributed by atoms with van der Waals surface area (Å²) in [5.41, 5.74) is 0. The molecule has 0 saturated carbocycles. The van der Waals surface area contributed by atoms with Crippen molar-refractivity contribution in [2.24, 2.45) is 0 Å². The van der Waals surface area contributed by atoms with Gasteiger partial charge in [0.1, 0.15) is 17.4 Å². The Morgan fingerprint density at radius 1 is 1.25 bits per heavy atom. The molecule has 0 N–H and O–H groups in total. The molecule has 0 aliphatic carbocycles. The largest absolute Gasteiger partial charge is 0.484 e. The lowest BCUT2D eigenvalue weighted by atomic mass is 10.1. The van der Waals surface area contributed by atoms with Gasteiger partial charge in [-0.1, -0.05) is 18.0 Å². The van der Waals surface area contributed by atoms with Crippen LogP contribution < -0.4 is 4.74 Å². The zero-order chi connectivity index (χ0) is 16.9. The highest BCUT2D eigenvalue weighted by Gasteiger charge is 2.29. The fraction of sp³-hybridized carbons (Fsp3) is 0.438. The number of halogens is 2. The SMILES string of the molecule is O=C(COc1cc(F)cc(F)c1)N1CCCCCC1c1ncon1. The third kappa shape index (κ3) is 3.87. The van der Waals surface area contributed by atoms with Crippen LogP contribution in [0.5, 0.6) is 5.75 Å². The monoisotopic (exact) mass is 337 g/mol. The maximum atomic E-state index is 13.2. The second-order valence-electron chi connectivity index (χ2n) is 5.64. The first kappa shape index (κ1) is 16.4. The topological polar surface area (TPSA) is 68.5 Å². The Labute approximate surface area is 137 Å². The van der Waals surface area contributed by atoms with Crippen molar-refractivity contribution >= 4 is 5.91 Å². The van der Waals surface area contributed by atoms with Gasteiger partial charge >= 0.3 is 0 Å². The second-order valence-corrected chi connectivity index (χ2v) is 5.64. The first-order valence-electron chi connectivity index (χ1n) is 7.78. The summed E-state index contributed by atoms with van der Waals surface area (Å²) >= 11 is 0. The predicted molar refractivity (Wildman–Crippen MR) is 79.1 cm³/mol. The molecule has 0 radical (unpaired) electrons. The number of carbonyl (C=O) groups is 1. The molecule has 3 rings (SSSR count). The Balaban J connectivity index is 1.69. The number of ether oxygens (including phenoxy) is 1. The summed E-state index contributed by atoms with van der Waals surface area (Å²) in [6.07, 6.45) is 4.80. The molecule has 1 aliphatic heterocycles. The third-order valence-electron chi connectivity index (χ3n) is 3.95. The summed E-state index contributed by atoms with van der Waals surface area (Å²) < 4.78 is 36.4. The molecular formula is C16H17F2N3O3. The van der Waals surface area contributed by atoms with E-state index < -0.39 is 11.6 Å². The molecular weight excluding hydrogens is 320 g/mol. The molecule has 1 aliphatic rings. The fourth-order valence-electron chi connectivity index (χ4n) is 2.84. The van der Waals surface area contributed by atoms with Crippen molar-refractivity contribution in [3.05, 3.63) is 42.1 Å². The number of carbonyl (C=O) groups excluding carboxylic acids is 1. The van der Waals surface area contributed by atoms with Crippen molar-refractivity contribution < 1.29 is 22.8 Å². The van der Waals surface area contributed by atoms with Gasteiger partial charge in [-0.15, -0.1) is 0 Å². The number of hydrogen-bond donors (Lipinski definition) is 0. The maximum Gasteiger partial charge on any atom is 0.261 e. The van der Waals surface area contributed by atoms with E-state index in [1.165, 1.54) is 6.39 Å². The summed E-state index contributed by atoms with van der Waals surface area (Å²) in [5.74, 6) is -1.35. The van der Waals surface area contributed by atoms with Gasteiger partial charge in [0.15, 0.2) is 12.4 Å². The van der Waals surface area contributed by atoms with E-state index in [4.69, 9.17) is 9.26 Å². The van der Waals surface area contributed by atoms with Gasteiger partial charge in [-0.2, -0.15) is 4.98 Å². The van der Waals surface area contributed by atoms with Crippen molar-refractivity contribution in [2.45, 2.75) is 31.7 Å². The van der Waals surface area contributed by atoms with Gasteiger partial charge in [-0.3, -0.25) is 4.79 Å². The number of aromatic nitrogens is 2. The lowest BCUT2D eigenvalue weighted by Gasteiger charge is -2.27. The van der Waals surface area contributed by atoms with Crippen molar-refractivity contribution in [1.82, 2.24) is 15.0 Å². The van der Waals surface area contributed by atoms with Gasteiger partial charge in [-0.05, 0) is 12.8 Å². The first-order valence-corrected chi connectivity index (χ1v) is 7.78. The van der Waals surface area contributed by atoms with Crippen LogP contribution in [-0.4, -0.2) is 34.1 Å². The molecule has 1 fully saturated rings. The highest BCUT2D eigenvalue weighted by Crippen LogP contribution is 2.28. The van der Waals surface area contributed by atoms with Gasteiger partial charge in [0.05, 0.1) is 6.04 Å². The normalized spacial score (nSPS) is 18.2. The maximum absolute atomic E-state index is 13.2. The van der Waals surface area contributed by atoms with E-state index in [0.717, 1.165) is 43.9 Å². The Bertz CT molecular complexity index is 674. The van der Waals surface area contributed by atoms with E-state index >= 15 is 0 Å². The average molecular weight is 337 g/mol. The summed E-state index contributed by atoms with van der Waals surface area (Å²) in [6, 6.07) is 2.55. The molecule has 1 atom stereocenters. The molecule has 1 unspecified atom stereocenters. The Morgan fingerprint density at radius 2 is 2.04 bits per heavy atom. The van der Waals surface area contributed by atoms with Gasteiger partial charge in [-0.25, -0.2) is 8.78 Å². The Hall–Kier alpha value is -2.51. The summed E-state index contributed by atoms with van der Waals surface area (Å²) in [4.78, 5) is 18.2. The lowest BCUT2D eigenvalue weighted by Crippen LogP contribution is -2.38. The minimum Gasteiger partial charge on any atom is -0.484 e. The van der Waals surface area contributed by atoms with Crippen LogP contribution in [0.25, 0.3) is 0 Å². The second kappa shape index (κ2) is 7.37. The number of nitrogens with zero attached hydrogens (tertiary/aromatic N) is 3. The standard InChI is InChI=1S/C16H17F2N3O3/c17-11-6-12(18)8-13(7-11)23-9-15(22)21-5-3-1-2-4-14(21)16-19-10-24-20-16/h6-8,10,14H,1-5,9H2. The molecule has 1 aromatic heterocycles. The average Bonchev–Trinajstić information content (AvgIpc) is 2.96. The van der Waals surface area contributed by atoms with Crippen LogP contribution in [0.1, 0.15) is 37.5 Å². The minimum atomic E-state index is -0.753. The Kier molecular flexibility index (Phi) is 5.02. The molecule has 6 nitrogen and oxygen atoms in total. The van der Waals surface area contributed by atoms with Crippen LogP contribution in [0.2, 0.25) is 0 Å². The van der Waals surface area contributed by atoms with E-state index in [-0.39, 0.29) is 24.3 Å². The molecule has 8 heteroatoms. The van der Waals surface area contributed by atoms with E-state index in [2.05, 4.69) is 10.1 Å². The van der Waals surface area contributed by atoms with Gasteiger partial charge in [0, 0.05) is 24.7 Å². The van der Waals surface area contributed by atoms with E-state index in [9.17, 15) is 13.6 Å². The van der Waals surface area contributed by atoms with Gasteiger partial charge < -0.3 is 14.2 Å². The number of rotatable bonds is 4. The molecule has 0 bridgehead atoms. The molecule has 1 amide bonds. The van der Waals surface area contributed by atoms with E-state index in [0.29, 0.717) is 12.4 Å². The molecule has 0 spiro atoms. The van der Waals surface area contributed by atoms with Crippen molar-refractivity contribution in [1.29, 1.82) is 0 Å². The van der Waals surface area contributed by atoms with Crippen LogP contribution in [0.4, 0.5) is 8.78 Å². The number of hydrogen-bond acceptors (Lipinski definition) is 5. The fourth-order valence-corrected chi connectivity index (χ4v) is 2.84. The molecule has 2 aromatic rings. The van der Waals surface area contributed by atoms with Crippen LogP contribution >= 0.6 is 0 Å². The molecule has 1 saturated heterocycles. The van der Waals surface area contributed by atoms with Crippen LogP contribution in [0.15, 0.2) is 29.1 Å². The number of benzene rings is 1. The zero-order valence-electron chi connectivity index (χ0n) is 13.0. The summed E-state index contributed by atoms with van der Waals surface area (Å²) in [7, 11) is 0. The van der Waals surface area contributed by atoms with Crippen molar-refractivity contribution in [2.75, 3.05) is 13.2 Å². The quantitative estimate of drug-likeness (QED) is 0.858.